The van der Waals surface area contributed by atoms with Gasteiger partial charge in [0, 0.05) is 12.2 Å². The predicted molar refractivity (Wildman–Crippen MR) is 87.4 cm³/mol. The molecule has 4 nitrogen and oxygen atoms in total. The van der Waals surface area contributed by atoms with Gasteiger partial charge in [-0.25, -0.2) is 4.79 Å². The number of benzene rings is 2. The van der Waals surface area contributed by atoms with Crippen LogP contribution in [0.5, 0.6) is 5.75 Å². The van der Waals surface area contributed by atoms with E-state index in [-0.39, 0.29) is 0 Å². The van der Waals surface area contributed by atoms with Gasteiger partial charge in [-0.2, -0.15) is 0 Å². The summed E-state index contributed by atoms with van der Waals surface area (Å²) in [4.78, 5) is 13.7. The summed E-state index contributed by atoms with van der Waals surface area (Å²) < 4.78 is 5.48. The number of likely N-dealkylation sites (N-methyl/N-ethyl adjacent to an activating group) is 1. The van der Waals surface area contributed by atoms with E-state index in [2.05, 4.69) is 0 Å². The molecule has 2 aromatic carbocycles. The smallest absolute Gasteiger partial charge is 0.331 e. The number of ether oxygens (including phenoxy) is 1. The molecule has 0 fully saturated rings. The van der Waals surface area contributed by atoms with Crippen molar-refractivity contribution in [3.05, 3.63) is 60.2 Å². The first-order valence-electron chi connectivity index (χ1n) is 7.44. The van der Waals surface area contributed by atoms with Crippen molar-refractivity contribution in [2.75, 3.05) is 18.1 Å². The first kappa shape index (κ1) is 15.9. The second kappa shape index (κ2) is 7.50. The first-order chi connectivity index (χ1) is 10.7. The Morgan fingerprint density at radius 1 is 1.14 bits per heavy atom. The summed E-state index contributed by atoms with van der Waals surface area (Å²) in [7, 11) is 0. The van der Waals surface area contributed by atoms with Gasteiger partial charge in [-0.3, -0.25) is 0 Å². The Balaban J connectivity index is 2.40. The van der Waals surface area contributed by atoms with E-state index in [9.17, 15) is 9.90 Å². The molecular formula is C18H21NO3. The van der Waals surface area contributed by atoms with Crippen LogP contribution < -0.4 is 9.64 Å². The normalized spacial score (nSPS) is 11.7. The molecule has 0 amide bonds. The molecule has 116 valence electrons. The van der Waals surface area contributed by atoms with Gasteiger partial charge in [0.25, 0.3) is 0 Å². The molecule has 0 aromatic heterocycles. The van der Waals surface area contributed by atoms with E-state index in [1.165, 1.54) is 0 Å². The van der Waals surface area contributed by atoms with Gasteiger partial charge in [-0.15, -0.1) is 0 Å². The number of hydrogen-bond acceptors (Lipinski definition) is 3. The fraction of sp³-hybridized carbons (Fsp3) is 0.278. The van der Waals surface area contributed by atoms with Gasteiger partial charge < -0.3 is 14.7 Å². The van der Waals surface area contributed by atoms with E-state index in [1.54, 1.807) is 6.07 Å². The van der Waals surface area contributed by atoms with Crippen molar-refractivity contribution in [3.8, 4) is 5.75 Å². The highest BCUT2D eigenvalue weighted by Crippen LogP contribution is 2.29. The molecular weight excluding hydrogens is 278 g/mol. The van der Waals surface area contributed by atoms with Gasteiger partial charge in [-0.05, 0) is 43.7 Å². The Bertz CT molecular complexity index is 613. The fourth-order valence-electron chi connectivity index (χ4n) is 2.53. The van der Waals surface area contributed by atoms with Gasteiger partial charge >= 0.3 is 5.97 Å². The van der Waals surface area contributed by atoms with E-state index >= 15 is 0 Å². The van der Waals surface area contributed by atoms with Crippen LogP contribution in [0.25, 0.3) is 0 Å². The number of nitrogens with zero attached hydrogens (tertiary/aromatic N) is 1. The lowest BCUT2D eigenvalue weighted by Gasteiger charge is -2.30. The van der Waals surface area contributed by atoms with Crippen molar-refractivity contribution in [2.24, 2.45) is 0 Å². The van der Waals surface area contributed by atoms with Gasteiger partial charge in [-0.1, -0.05) is 30.3 Å². The van der Waals surface area contributed by atoms with E-state index in [4.69, 9.17) is 4.74 Å². The zero-order valence-electron chi connectivity index (χ0n) is 12.9. The molecule has 0 saturated heterocycles. The van der Waals surface area contributed by atoms with Gasteiger partial charge in [0.2, 0.25) is 0 Å². The number of rotatable bonds is 7. The van der Waals surface area contributed by atoms with E-state index in [0.29, 0.717) is 24.5 Å². The monoisotopic (exact) mass is 299 g/mol. The maximum absolute atomic E-state index is 11.9. The summed E-state index contributed by atoms with van der Waals surface area (Å²) in [5, 5.41) is 9.73. The third kappa shape index (κ3) is 3.58. The second-order valence-electron chi connectivity index (χ2n) is 4.87. The maximum Gasteiger partial charge on any atom is 0.331 e. The van der Waals surface area contributed by atoms with Crippen molar-refractivity contribution in [2.45, 2.75) is 19.9 Å². The summed E-state index contributed by atoms with van der Waals surface area (Å²) in [6.45, 7) is 5.01. The number of aliphatic carboxylic acids is 1. The third-order valence-corrected chi connectivity index (χ3v) is 3.46. The standard InChI is InChI=1S/C18H21NO3/c1-3-19(15-10-6-5-7-11-15)17(18(20)21)14-9-8-12-16(13-14)22-4-2/h5-13,17H,3-4H2,1-2H3,(H,20,21). The molecule has 0 heterocycles. The lowest BCUT2D eigenvalue weighted by molar-refractivity contribution is -0.138. The summed E-state index contributed by atoms with van der Waals surface area (Å²) in [5.74, 6) is -0.185. The average molecular weight is 299 g/mol. The fourth-order valence-corrected chi connectivity index (χ4v) is 2.53. The molecule has 2 aromatic rings. The summed E-state index contributed by atoms with van der Waals surface area (Å²) in [5.41, 5.74) is 1.60. The highest BCUT2D eigenvalue weighted by Gasteiger charge is 2.27. The number of para-hydroxylation sites is 1. The molecule has 0 spiro atoms. The van der Waals surface area contributed by atoms with Crippen molar-refractivity contribution in [1.29, 1.82) is 0 Å². The Hall–Kier alpha value is -2.49. The van der Waals surface area contributed by atoms with Crippen molar-refractivity contribution < 1.29 is 14.6 Å². The number of carbonyl (C=O) groups is 1. The van der Waals surface area contributed by atoms with Gasteiger partial charge in [0.05, 0.1) is 6.61 Å². The zero-order chi connectivity index (χ0) is 15.9. The Labute approximate surface area is 131 Å². The largest absolute Gasteiger partial charge is 0.494 e. The van der Waals surface area contributed by atoms with Crippen LogP contribution in [-0.2, 0) is 4.79 Å². The maximum atomic E-state index is 11.9. The molecule has 22 heavy (non-hydrogen) atoms. The Morgan fingerprint density at radius 2 is 1.86 bits per heavy atom. The van der Waals surface area contributed by atoms with Crippen molar-refractivity contribution >= 4 is 11.7 Å². The molecule has 0 saturated carbocycles. The molecule has 0 bridgehead atoms. The number of hydrogen-bond donors (Lipinski definition) is 1. The Kier molecular flexibility index (Phi) is 5.42. The Morgan fingerprint density at radius 3 is 2.45 bits per heavy atom. The van der Waals surface area contributed by atoms with Crippen LogP contribution in [0.1, 0.15) is 25.5 Å². The van der Waals surface area contributed by atoms with Crippen LogP contribution in [0.4, 0.5) is 5.69 Å². The molecule has 2 rings (SSSR count). The van der Waals surface area contributed by atoms with Crippen molar-refractivity contribution in [1.82, 2.24) is 0 Å². The molecule has 1 unspecified atom stereocenters. The number of carboxylic acids is 1. The molecule has 1 atom stereocenters. The lowest BCUT2D eigenvalue weighted by Crippen LogP contribution is -2.34. The minimum Gasteiger partial charge on any atom is -0.494 e. The van der Waals surface area contributed by atoms with Crippen LogP contribution in [0.2, 0.25) is 0 Å². The van der Waals surface area contributed by atoms with Crippen LogP contribution in [0, 0.1) is 0 Å². The van der Waals surface area contributed by atoms with Gasteiger partial charge in [0.15, 0.2) is 6.04 Å². The summed E-state index contributed by atoms with van der Waals surface area (Å²) in [6, 6.07) is 16.1. The van der Waals surface area contributed by atoms with E-state index < -0.39 is 12.0 Å². The minimum atomic E-state index is -0.876. The SMILES string of the molecule is CCOc1cccc(C(C(=O)O)N(CC)c2ccccc2)c1. The second-order valence-corrected chi connectivity index (χ2v) is 4.87. The number of carboxylic acid groups (broad SMARTS) is 1. The highest BCUT2D eigenvalue weighted by atomic mass is 16.5. The molecule has 0 aliphatic carbocycles. The van der Waals surface area contributed by atoms with E-state index in [1.807, 2.05) is 67.3 Å². The average Bonchev–Trinajstić information content (AvgIpc) is 2.53. The van der Waals surface area contributed by atoms with Crippen LogP contribution in [-0.4, -0.2) is 24.2 Å². The van der Waals surface area contributed by atoms with Gasteiger partial charge in [0.1, 0.15) is 5.75 Å². The molecule has 0 aliphatic heterocycles. The van der Waals surface area contributed by atoms with Crippen LogP contribution in [0.3, 0.4) is 0 Å². The van der Waals surface area contributed by atoms with Crippen LogP contribution >= 0.6 is 0 Å². The van der Waals surface area contributed by atoms with E-state index in [0.717, 1.165) is 5.69 Å². The summed E-state index contributed by atoms with van der Waals surface area (Å²) >= 11 is 0. The number of anilines is 1. The molecule has 1 N–H and O–H groups in total. The lowest BCUT2D eigenvalue weighted by atomic mass is 10.0. The first-order valence-corrected chi connectivity index (χ1v) is 7.44. The highest BCUT2D eigenvalue weighted by molar-refractivity contribution is 5.80. The molecule has 0 aliphatic rings. The van der Waals surface area contributed by atoms with Crippen molar-refractivity contribution in [3.63, 3.8) is 0 Å². The molecule has 0 radical (unpaired) electrons. The minimum absolute atomic E-state index is 0.553. The summed E-state index contributed by atoms with van der Waals surface area (Å²) in [6.07, 6.45) is 0. The zero-order valence-corrected chi connectivity index (χ0v) is 12.9. The topological polar surface area (TPSA) is 49.8 Å². The predicted octanol–water partition coefficient (Wildman–Crippen LogP) is 3.74. The molecule has 4 heteroatoms. The third-order valence-electron chi connectivity index (χ3n) is 3.46. The van der Waals surface area contributed by atoms with Crippen LogP contribution in [0.15, 0.2) is 54.6 Å². The quantitative estimate of drug-likeness (QED) is 0.846.